The van der Waals surface area contributed by atoms with Crippen molar-refractivity contribution in [2.45, 2.75) is 0 Å². The third-order valence-electron chi connectivity index (χ3n) is 2.76. The zero-order valence-corrected chi connectivity index (χ0v) is 11.2. The molecule has 0 aliphatic rings. The molecule has 2 aromatic rings. The maximum absolute atomic E-state index is 12.0. The van der Waals surface area contributed by atoms with Gasteiger partial charge in [-0.25, -0.2) is 9.59 Å². The predicted molar refractivity (Wildman–Crippen MR) is 75.8 cm³/mol. The maximum Gasteiger partial charge on any atom is 0.343 e. The first-order valence-corrected chi connectivity index (χ1v) is 6.00. The van der Waals surface area contributed by atoms with Crippen LogP contribution >= 0.6 is 0 Å². The Kier molecular flexibility index (Phi) is 4.08. The summed E-state index contributed by atoms with van der Waals surface area (Å²) >= 11 is 0. The third kappa shape index (κ3) is 3.30. The van der Waals surface area contributed by atoms with Crippen molar-refractivity contribution in [1.82, 2.24) is 0 Å². The lowest BCUT2D eigenvalue weighted by Gasteiger charge is -2.08. The number of aromatic carboxylic acids is 1. The highest BCUT2D eigenvalue weighted by atomic mass is 16.5. The highest BCUT2D eigenvalue weighted by molar-refractivity contribution is 5.95. The smallest absolute Gasteiger partial charge is 0.343 e. The molecule has 108 valence electrons. The summed E-state index contributed by atoms with van der Waals surface area (Å²) in [6.07, 6.45) is 0. The molecule has 6 nitrogen and oxygen atoms in total. The van der Waals surface area contributed by atoms with E-state index in [1.807, 2.05) is 0 Å². The minimum absolute atomic E-state index is 0.0941. The number of ether oxygens (including phenoxy) is 2. The summed E-state index contributed by atoms with van der Waals surface area (Å²) in [6.45, 7) is 0. The van der Waals surface area contributed by atoms with Crippen molar-refractivity contribution in [2.75, 3.05) is 12.8 Å². The molecule has 0 spiro atoms. The molecule has 0 aromatic heterocycles. The Bertz CT molecular complexity index is 679. The minimum Gasteiger partial charge on any atom is -0.497 e. The molecule has 0 saturated carbocycles. The molecule has 0 bridgehead atoms. The van der Waals surface area contributed by atoms with Crippen LogP contribution < -0.4 is 15.2 Å². The van der Waals surface area contributed by atoms with Crippen LogP contribution in [0.1, 0.15) is 20.7 Å². The SMILES string of the molecule is COc1ccc(C(=O)Oc2cc(N)ccc2C(=O)O)cc1. The second-order valence-corrected chi connectivity index (χ2v) is 4.18. The van der Waals surface area contributed by atoms with Gasteiger partial charge < -0.3 is 20.3 Å². The van der Waals surface area contributed by atoms with Crippen LogP contribution in [-0.4, -0.2) is 24.2 Å². The molecular formula is C15H13NO5. The first-order valence-electron chi connectivity index (χ1n) is 6.00. The summed E-state index contributed by atoms with van der Waals surface area (Å²) in [4.78, 5) is 23.1. The lowest BCUT2D eigenvalue weighted by molar-refractivity contribution is 0.0681. The summed E-state index contributed by atoms with van der Waals surface area (Å²) in [5.74, 6) is -1.37. The van der Waals surface area contributed by atoms with Crippen LogP contribution in [0.2, 0.25) is 0 Å². The summed E-state index contributed by atoms with van der Waals surface area (Å²) in [6, 6.07) is 10.3. The molecule has 2 rings (SSSR count). The summed E-state index contributed by atoms with van der Waals surface area (Å²) in [5.41, 5.74) is 6.02. The van der Waals surface area contributed by atoms with Gasteiger partial charge in [0.1, 0.15) is 17.1 Å². The van der Waals surface area contributed by atoms with Crippen molar-refractivity contribution in [3.05, 3.63) is 53.6 Å². The number of hydrogen-bond acceptors (Lipinski definition) is 5. The molecule has 3 N–H and O–H groups in total. The lowest BCUT2D eigenvalue weighted by Crippen LogP contribution is -2.11. The van der Waals surface area contributed by atoms with Crippen LogP contribution in [0.3, 0.4) is 0 Å². The zero-order chi connectivity index (χ0) is 15.4. The van der Waals surface area contributed by atoms with Crippen molar-refractivity contribution in [1.29, 1.82) is 0 Å². The van der Waals surface area contributed by atoms with Gasteiger partial charge in [-0.1, -0.05) is 0 Å². The van der Waals surface area contributed by atoms with Crippen LogP contribution in [0.5, 0.6) is 11.5 Å². The van der Waals surface area contributed by atoms with Gasteiger partial charge in [-0.3, -0.25) is 0 Å². The van der Waals surface area contributed by atoms with Gasteiger partial charge in [0.15, 0.2) is 0 Å². The van der Waals surface area contributed by atoms with E-state index < -0.39 is 11.9 Å². The highest BCUT2D eigenvalue weighted by Crippen LogP contribution is 2.23. The summed E-state index contributed by atoms with van der Waals surface area (Å²) in [7, 11) is 1.51. The van der Waals surface area contributed by atoms with Gasteiger partial charge >= 0.3 is 11.9 Å². The Labute approximate surface area is 120 Å². The van der Waals surface area contributed by atoms with Crippen molar-refractivity contribution < 1.29 is 24.2 Å². The number of nitrogen functional groups attached to an aromatic ring is 1. The maximum atomic E-state index is 12.0. The summed E-state index contributed by atoms with van der Waals surface area (Å²) in [5, 5.41) is 9.06. The number of esters is 1. The van der Waals surface area contributed by atoms with E-state index in [9.17, 15) is 9.59 Å². The van der Waals surface area contributed by atoms with E-state index in [2.05, 4.69) is 0 Å². The fourth-order valence-electron chi connectivity index (χ4n) is 1.69. The number of benzene rings is 2. The van der Waals surface area contributed by atoms with Crippen molar-refractivity contribution in [2.24, 2.45) is 0 Å². The van der Waals surface area contributed by atoms with Gasteiger partial charge in [-0.2, -0.15) is 0 Å². The van der Waals surface area contributed by atoms with E-state index in [-0.39, 0.29) is 16.9 Å². The Morgan fingerprint density at radius 1 is 1.10 bits per heavy atom. The molecule has 0 unspecified atom stereocenters. The number of nitrogens with two attached hydrogens (primary N) is 1. The van der Waals surface area contributed by atoms with Crippen molar-refractivity contribution in [3.8, 4) is 11.5 Å². The quantitative estimate of drug-likeness (QED) is 0.508. The standard InChI is InChI=1S/C15H13NO5/c1-20-11-5-2-9(3-6-11)15(19)21-13-8-10(16)4-7-12(13)14(17)18/h2-8H,16H2,1H3,(H,17,18). The number of carbonyl (C=O) groups excluding carboxylic acids is 1. The minimum atomic E-state index is -1.20. The van der Waals surface area contributed by atoms with Crippen LogP contribution in [0.15, 0.2) is 42.5 Å². The molecule has 0 aliphatic carbocycles. The average Bonchev–Trinajstić information content (AvgIpc) is 2.47. The fourth-order valence-corrected chi connectivity index (χ4v) is 1.69. The third-order valence-corrected chi connectivity index (χ3v) is 2.76. The van der Waals surface area contributed by atoms with Gasteiger partial charge in [0.2, 0.25) is 0 Å². The lowest BCUT2D eigenvalue weighted by atomic mass is 10.1. The van der Waals surface area contributed by atoms with Crippen LogP contribution in [-0.2, 0) is 0 Å². The first kappa shape index (κ1) is 14.4. The highest BCUT2D eigenvalue weighted by Gasteiger charge is 2.16. The topological polar surface area (TPSA) is 98.9 Å². The Hall–Kier alpha value is -3.02. The number of hydrogen-bond donors (Lipinski definition) is 2. The van der Waals surface area contributed by atoms with Crippen LogP contribution in [0.4, 0.5) is 5.69 Å². The molecule has 0 fully saturated rings. The van der Waals surface area contributed by atoms with E-state index >= 15 is 0 Å². The molecule has 6 heteroatoms. The second-order valence-electron chi connectivity index (χ2n) is 4.18. The largest absolute Gasteiger partial charge is 0.497 e. The molecule has 0 atom stereocenters. The number of carboxylic acids is 1. The molecule has 0 heterocycles. The molecule has 2 aromatic carbocycles. The molecule has 0 amide bonds. The normalized spacial score (nSPS) is 9.95. The Morgan fingerprint density at radius 3 is 2.33 bits per heavy atom. The number of carbonyl (C=O) groups is 2. The number of methoxy groups -OCH3 is 1. The molecule has 21 heavy (non-hydrogen) atoms. The van der Waals surface area contributed by atoms with E-state index in [4.69, 9.17) is 20.3 Å². The number of anilines is 1. The van der Waals surface area contributed by atoms with Crippen molar-refractivity contribution >= 4 is 17.6 Å². The van der Waals surface area contributed by atoms with E-state index in [1.165, 1.54) is 37.4 Å². The fraction of sp³-hybridized carbons (Fsp3) is 0.0667. The number of rotatable bonds is 4. The van der Waals surface area contributed by atoms with Gasteiger partial charge in [0.05, 0.1) is 12.7 Å². The Morgan fingerprint density at radius 2 is 1.76 bits per heavy atom. The van der Waals surface area contributed by atoms with Crippen molar-refractivity contribution in [3.63, 3.8) is 0 Å². The number of carboxylic acid groups (broad SMARTS) is 1. The van der Waals surface area contributed by atoms with E-state index in [0.717, 1.165) is 0 Å². The average molecular weight is 287 g/mol. The van der Waals surface area contributed by atoms with E-state index in [1.54, 1.807) is 12.1 Å². The summed E-state index contributed by atoms with van der Waals surface area (Å²) < 4.78 is 10.1. The molecule has 0 aliphatic heterocycles. The Balaban J connectivity index is 2.26. The van der Waals surface area contributed by atoms with Gasteiger partial charge in [0, 0.05) is 11.8 Å². The first-order chi connectivity index (χ1) is 10.0. The van der Waals surface area contributed by atoms with Gasteiger partial charge in [-0.15, -0.1) is 0 Å². The molecule has 0 radical (unpaired) electrons. The van der Waals surface area contributed by atoms with Gasteiger partial charge in [0.25, 0.3) is 0 Å². The van der Waals surface area contributed by atoms with Crippen LogP contribution in [0.25, 0.3) is 0 Å². The zero-order valence-electron chi connectivity index (χ0n) is 11.2. The second kappa shape index (κ2) is 5.96. The molecular weight excluding hydrogens is 274 g/mol. The predicted octanol–water partition coefficient (Wildman–Crippen LogP) is 2.19. The van der Waals surface area contributed by atoms with E-state index in [0.29, 0.717) is 11.4 Å². The van der Waals surface area contributed by atoms with Gasteiger partial charge in [-0.05, 0) is 36.4 Å². The van der Waals surface area contributed by atoms with Crippen LogP contribution in [0, 0.1) is 0 Å². The molecule has 0 saturated heterocycles. The monoisotopic (exact) mass is 287 g/mol.